The quantitative estimate of drug-likeness (QED) is 0.826. The van der Waals surface area contributed by atoms with Gasteiger partial charge in [0, 0.05) is 19.8 Å². The van der Waals surface area contributed by atoms with E-state index in [9.17, 15) is 4.39 Å². The second-order valence-corrected chi connectivity index (χ2v) is 4.08. The molecule has 0 spiro atoms. The van der Waals surface area contributed by atoms with E-state index in [1.807, 2.05) is 25.1 Å². The Hall–Kier alpha value is -1.09. The van der Waals surface area contributed by atoms with Crippen LogP contribution in [0, 0.1) is 5.82 Å². The highest BCUT2D eigenvalue weighted by molar-refractivity contribution is 5.54. The lowest BCUT2D eigenvalue weighted by atomic mass is 9.95. The Kier molecular flexibility index (Phi) is 4.09. The van der Waals surface area contributed by atoms with E-state index in [4.69, 9.17) is 5.73 Å². The largest absolute Gasteiger partial charge is 0.377 e. The van der Waals surface area contributed by atoms with Crippen molar-refractivity contribution in [3.63, 3.8) is 0 Å². The van der Waals surface area contributed by atoms with Crippen molar-refractivity contribution in [3.05, 3.63) is 29.6 Å². The first-order chi connectivity index (χ1) is 7.06. The van der Waals surface area contributed by atoms with Crippen LogP contribution in [0.5, 0.6) is 0 Å². The SMILES string of the molecule is CC(CCN)c1ccc(F)cc1N(C)C. The minimum atomic E-state index is -0.192. The zero-order valence-corrected chi connectivity index (χ0v) is 9.63. The number of hydrogen-bond acceptors (Lipinski definition) is 2. The summed E-state index contributed by atoms with van der Waals surface area (Å²) in [4.78, 5) is 1.94. The number of hydrogen-bond donors (Lipinski definition) is 1. The van der Waals surface area contributed by atoms with Crippen LogP contribution in [-0.2, 0) is 0 Å². The molecule has 1 atom stereocenters. The van der Waals surface area contributed by atoms with Gasteiger partial charge in [0.05, 0.1) is 0 Å². The zero-order valence-electron chi connectivity index (χ0n) is 9.63. The van der Waals surface area contributed by atoms with Crippen molar-refractivity contribution in [2.75, 3.05) is 25.5 Å². The van der Waals surface area contributed by atoms with Gasteiger partial charge in [0.15, 0.2) is 0 Å². The number of nitrogens with zero attached hydrogens (tertiary/aromatic N) is 1. The first kappa shape index (κ1) is 12.0. The molecule has 15 heavy (non-hydrogen) atoms. The van der Waals surface area contributed by atoms with Crippen molar-refractivity contribution in [1.29, 1.82) is 0 Å². The standard InChI is InChI=1S/C12H19FN2/c1-9(6-7-14)11-5-4-10(13)8-12(11)15(2)3/h4-5,8-9H,6-7,14H2,1-3H3. The van der Waals surface area contributed by atoms with E-state index >= 15 is 0 Å². The second kappa shape index (κ2) is 5.12. The van der Waals surface area contributed by atoms with Crippen LogP contribution < -0.4 is 10.6 Å². The maximum absolute atomic E-state index is 13.1. The molecule has 1 aromatic rings. The normalized spacial score (nSPS) is 12.6. The molecule has 0 radical (unpaired) electrons. The molecule has 1 unspecified atom stereocenters. The molecule has 1 aromatic carbocycles. The Morgan fingerprint density at radius 3 is 2.60 bits per heavy atom. The molecular formula is C12H19FN2. The van der Waals surface area contributed by atoms with E-state index < -0.39 is 0 Å². The summed E-state index contributed by atoms with van der Waals surface area (Å²) >= 11 is 0. The smallest absolute Gasteiger partial charge is 0.125 e. The summed E-state index contributed by atoms with van der Waals surface area (Å²) in [5.74, 6) is 0.176. The van der Waals surface area contributed by atoms with Crippen LogP contribution in [0.25, 0.3) is 0 Å². The molecular weight excluding hydrogens is 191 g/mol. The molecule has 1 rings (SSSR count). The molecule has 2 N–H and O–H groups in total. The van der Waals surface area contributed by atoms with Crippen molar-refractivity contribution in [2.24, 2.45) is 5.73 Å². The first-order valence-corrected chi connectivity index (χ1v) is 5.23. The summed E-state index contributed by atoms with van der Waals surface area (Å²) in [7, 11) is 3.85. The number of rotatable bonds is 4. The Labute approximate surface area is 90.9 Å². The number of nitrogens with two attached hydrogens (primary N) is 1. The molecule has 0 aliphatic rings. The highest BCUT2D eigenvalue weighted by atomic mass is 19.1. The van der Waals surface area contributed by atoms with E-state index in [1.165, 1.54) is 6.07 Å². The Balaban J connectivity index is 3.05. The maximum atomic E-state index is 13.1. The molecule has 0 aliphatic carbocycles. The summed E-state index contributed by atoms with van der Waals surface area (Å²) in [5.41, 5.74) is 7.63. The molecule has 0 aromatic heterocycles. The third-order valence-corrected chi connectivity index (χ3v) is 2.60. The van der Waals surface area contributed by atoms with Crippen LogP contribution in [0.4, 0.5) is 10.1 Å². The summed E-state index contributed by atoms with van der Waals surface area (Å²) in [6.07, 6.45) is 0.923. The molecule has 0 bridgehead atoms. The summed E-state index contributed by atoms with van der Waals surface area (Å²) in [6, 6.07) is 4.93. The highest BCUT2D eigenvalue weighted by Crippen LogP contribution is 2.28. The van der Waals surface area contributed by atoms with Crippen molar-refractivity contribution in [1.82, 2.24) is 0 Å². The number of anilines is 1. The Morgan fingerprint density at radius 1 is 1.40 bits per heavy atom. The van der Waals surface area contributed by atoms with Gasteiger partial charge in [0.2, 0.25) is 0 Å². The maximum Gasteiger partial charge on any atom is 0.125 e. The predicted molar refractivity (Wildman–Crippen MR) is 62.8 cm³/mol. The van der Waals surface area contributed by atoms with Gasteiger partial charge in [0.1, 0.15) is 5.82 Å². The van der Waals surface area contributed by atoms with Crippen molar-refractivity contribution in [2.45, 2.75) is 19.3 Å². The first-order valence-electron chi connectivity index (χ1n) is 5.23. The average Bonchev–Trinajstić information content (AvgIpc) is 2.17. The van der Waals surface area contributed by atoms with E-state index in [0.717, 1.165) is 17.7 Å². The lowest BCUT2D eigenvalue weighted by Gasteiger charge is -2.21. The van der Waals surface area contributed by atoms with E-state index in [2.05, 4.69) is 6.92 Å². The van der Waals surface area contributed by atoms with Crippen LogP contribution >= 0.6 is 0 Å². The highest BCUT2D eigenvalue weighted by Gasteiger charge is 2.12. The van der Waals surface area contributed by atoms with Gasteiger partial charge >= 0.3 is 0 Å². The van der Waals surface area contributed by atoms with Crippen LogP contribution in [0.15, 0.2) is 18.2 Å². The van der Waals surface area contributed by atoms with E-state index in [-0.39, 0.29) is 5.82 Å². The van der Waals surface area contributed by atoms with E-state index in [1.54, 1.807) is 6.07 Å². The minimum absolute atomic E-state index is 0.192. The average molecular weight is 210 g/mol. The Bertz CT molecular complexity index is 323. The molecule has 0 saturated heterocycles. The predicted octanol–water partition coefficient (Wildman–Crippen LogP) is 2.34. The molecule has 0 heterocycles. The lowest BCUT2D eigenvalue weighted by molar-refractivity contribution is 0.623. The molecule has 0 fully saturated rings. The van der Waals surface area contributed by atoms with Crippen LogP contribution in [0.2, 0.25) is 0 Å². The summed E-state index contributed by atoms with van der Waals surface area (Å²) in [6.45, 7) is 2.78. The summed E-state index contributed by atoms with van der Waals surface area (Å²) in [5, 5.41) is 0. The number of halogens is 1. The number of benzene rings is 1. The molecule has 2 nitrogen and oxygen atoms in total. The third kappa shape index (κ3) is 2.93. The van der Waals surface area contributed by atoms with Gasteiger partial charge in [-0.15, -0.1) is 0 Å². The van der Waals surface area contributed by atoms with Gasteiger partial charge in [-0.05, 0) is 36.6 Å². The monoisotopic (exact) mass is 210 g/mol. The van der Waals surface area contributed by atoms with Crippen molar-refractivity contribution in [3.8, 4) is 0 Å². The molecule has 84 valence electrons. The van der Waals surface area contributed by atoms with Crippen molar-refractivity contribution >= 4 is 5.69 Å². The second-order valence-electron chi connectivity index (χ2n) is 4.08. The van der Waals surface area contributed by atoms with Crippen LogP contribution in [-0.4, -0.2) is 20.6 Å². The third-order valence-electron chi connectivity index (χ3n) is 2.60. The van der Waals surface area contributed by atoms with Crippen molar-refractivity contribution < 1.29 is 4.39 Å². The van der Waals surface area contributed by atoms with Gasteiger partial charge in [-0.2, -0.15) is 0 Å². The zero-order chi connectivity index (χ0) is 11.4. The molecule has 0 aliphatic heterocycles. The van der Waals surface area contributed by atoms with Crippen LogP contribution in [0.3, 0.4) is 0 Å². The van der Waals surface area contributed by atoms with Gasteiger partial charge in [-0.1, -0.05) is 13.0 Å². The lowest BCUT2D eigenvalue weighted by Crippen LogP contribution is -2.14. The molecule has 3 heteroatoms. The fraction of sp³-hybridized carbons (Fsp3) is 0.500. The Morgan fingerprint density at radius 2 is 2.07 bits per heavy atom. The fourth-order valence-electron chi connectivity index (χ4n) is 1.73. The van der Waals surface area contributed by atoms with Gasteiger partial charge in [0.25, 0.3) is 0 Å². The van der Waals surface area contributed by atoms with Gasteiger partial charge < -0.3 is 10.6 Å². The fourth-order valence-corrected chi connectivity index (χ4v) is 1.73. The summed E-state index contributed by atoms with van der Waals surface area (Å²) < 4.78 is 13.1. The molecule has 0 saturated carbocycles. The van der Waals surface area contributed by atoms with Crippen LogP contribution in [0.1, 0.15) is 24.8 Å². The van der Waals surface area contributed by atoms with E-state index in [0.29, 0.717) is 12.5 Å². The minimum Gasteiger partial charge on any atom is -0.377 e. The van der Waals surface area contributed by atoms with Gasteiger partial charge in [-0.25, -0.2) is 4.39 Å². The van der Waals surface area contributed by atoms with Gasteiger partial charge in [-0.3, -0.25) is 0 Å². The molecule has 0 amide bonds. The topological polar surface area (TPSA) is 29.3 Å².